The highest BCUT2D eigenvalue weighted by Crippen LogP contribution is 2.21. The van der Waals surface area contributed by atoms with Crippen LogP contribution in [0.2, 0.25) is 0 Å². The monoisotopic (exact) mass is 267 g/mol. The molecule has 1 amide bonds. The molecule has 1 aromatic rings. The van der Waals surface area contributed by atoms with Crippen LogP contribution in [0.25, 0.3) is 0 Å². The fourth-order valence-electron chi connectivity index (χ4n) is 1.49. The Kier molecular flexibility index (Phi) is 5.81. The van der Waals surface area contributed by atoms with E-state index in [0.717, 1.165) is 0 Å². The van der Waals surface area contributed by atoms with Gasteiger partial charge in [0.15, 0.2) is 6.61 Å². The molecular formula is C13H17NO5. The molecule has 19 heavy (non-hydrogen) atoms. The zero-order chi connectivity index (χ0) is 14.3. The van der Waals surface area contributed by atoms with Gasteiger partial charge in [-0.25, -0.2) is 4.79 Å². The number of rotatable bonds is 7. The predicted molar refractivity (Wildman–Crippen MR) is 68.5 cm³/mol. The molecule has 2 N–H and O–H groups in total. The van der Waals surface area contributed by atoms with Gasteiger partial charge >= 0.3 is 5.97 Å². The number of hydrogen-bond donors (Lipinski definition) is 2. The van der Waals surface area contributed by atoms with Crippen molar-refractivity contribution in [2.24, 2.45) is 0 Å². The summed E-state index contributed by atoms with van der Waals surface area (Å²) >= 11 is 0. The number of benzene rings is 1. The molecule has 0 aliphatic rings. The second-order valence-electron chi connectivity index (χ2n) is 3.87. The third kappa shape index (κ3) is 4.59. The zero-order valence-corrected chi connectivity index (χ0v) is 10.9. The summed E-state index contributed by atoms with van der Waals surface area (Å²) in [7, 11) is 1.55. The summed E-state index contributed by atoms with van der Waals surface area (Å²) < 4.78 is 10.1. The highest BCUT2D eigenvalue weighted by Gasteiger charge is 2.11. The van der Waals surface area contributed by atoms with Crippen LogP contribution in [0.15, 0.2) is 18.2 Å². The molecule has 6 heteroatoms. The van der Waals surface area contributed by atoms with Crippen LogP contribution in [-0.2, 0) is 9.53 Å². The van der Waals surface area contributed by atoms with Crippen molar-refractivity contribution in [2.45, 2.75) is 6.92 Å². The molecule has 0 saturated carbocycles. The highest BCUT2D eigenvalue weighted by atomic mass is 16.5. The Balaban J connectivity index is 2.56. The largest absolute Gasteiger partial charge is 0.483 e. The van der Waals surface area contributed by atoms with E-state index in [1.54, 1.807) is 26.2 Å². The Morgan fingerprint density at radius 2 is 2.11 bits per heavy atom. The first kappa shape index (κ1) is 15.0. The summed E-state index contributed by atoms with van der Waals surface area (Å²) in [6.07, 6.45) is 0. The zero-order valence-electron chi connectivity index (χ0n) is 10.9. The number of carbonyl (C=O) groups is 2. The van der Waals surface area contributed by atoms with E-state index < -0.39 is 5.97 Å². The van der Waals surface area contributed by atoms with Crippen molar-refractivity contribution < 1.29 is 24.2 Å². The van der Waals surface area contributed by atoms with E-state index in [1.165, 1.54) is 6.07 Å². The Labute approximate surface area is 111 Å². The van der Waals surface area contributed by atoms with Gasteiger partial charge < -0.3 is 19.9 Å². The van der Waals surface area contributed by atoms with Crippen molar-refractivity contribution in [1.82, 2.24) is 5.32 Å². The molecule has 0 aliphatic carbocycles. The molecule has 6 nitrogen and oxygen atoms in total. The maximum absolute atomic E-state index is 11.4. The van der Waals surface area contributed by atoms with Crippen LogP contribution in [0.3, 0.4) is 0 Å². The lowest BCUT2D eigenvalue weighted by Gasteiger charge is -2.10. The number of carboxylic acids is 1. The highest BCUT2D eigenvalue weighted by molar-refractivity contribution is 5.90. The van der Waals surface area contributed by atoms with E-state index in [2.05, 4.69) is 5.32 Å². The third-order valence-corrected chi connectivity index (χ3v) is 2.50. The minimum atomic E-state index is -1.02. The van der Waals surface area contributed by atoms with Crippen molar-refractivity contribution in [3.05, 3.63) is 29.3 Å². The van der Waals surface area contributed by atoms with Crippen molar-refractivity contribution in [3.8, 4) is 5.75 Å². The minimum absolute atomic E-state index is 0.159. The number of hydrogen-bond acceptors (Lipinski definition) is 4. The van der Waals surface area contributed by atoms with Crippen LogP contribution in [0.4, 0.5) is 0 Å². The Hall–Kier alpha value is -2.08. The average Bonchev–Trinajstić information content (AvgIpc) is 2.37. The van der Waals surface area contributed by atoms with Crippen LogP contribution in [-0.4, -0.2) is 43.9 Å². The standard InChI is InChI=1S/C13H17NO5/c1-9-10(13(16)17)4-3-5-11(9)19-8-12(15)14-6-7-18-2/h3-5H,6-8H2,1-2H3,(H,14,15)(H,16,17). The Bertz CT molecular complexity index is 458. The van der Waals surface area contributed by atoms with Crippen LogP contribution in [0.5, 0.6) is 5.75 Å². The second-order valence-corrected chi connectivity index (χ2v) is 3.87. The Morgan fingerprint density at radius 1 is 1.37 bits per heavy atom. The number of carboxylic acid groups (broad SMARTS) is 1. The summed E-state index contributed by atoms with van der Waals surface area (Å²) in [5.74, 6) is -0.911. The number of amides is 1. The first-order valence-corrected chi connectivity index (χ1v) is 5.77. The van der Waals surface area contributed by atoms with Gasteiger partial charge in [-0.2, -0.15) is 0 Å². The van der Waals surface area contributed by atoms with E-state index in [9.17, 15) is 9.59 Å². The topological polar surface area (TPSA) is 84.9 Å². The summed E-state index contributed by atoms with van der Waals surface area (Å²) in [6, 6.07) is 4.70. The second kappa shape index (κ2) is 7.38. The number of nitrogens with one attached hydrogen (secondary N) is 1. The molecule has 0 atom stereocenters. The van der Waals surface area contributed by atoms with Gasteiger partial charge in [0.25, 0.3) is 5.91 Å². The summed E-state index contributed by atoms with van der Waals surface area (Å²) in [5, 5.41) is 11.6. The fourth-order valence-corrected chi connectivity index (χ4v) is 1.49. The maximum Gasteiger partial charge on any atom is 0.336 e. The quantitative estimate of drug-likeness (QED) is 0.715. The van der Waals surface area contributed by atoms with Gasteiger partial charge in [0, 0.05) is 19.2 Å². The normalized spacial score (nSPS) is 10.0. The number of aromatic carboxylic acids is 1. The molecule has 0 fully saturated rings. The molecule has 0 saturated heterocycles. The van der Waals surface area contributed by atoms with Crippen LogP contribution in [0.1, 0.15) is 15.9 Å². The smallest absolute Gasteiger partial charge is 0.336 e. The van der Waals surface area contributed by atoms with Crippen molar-refractivity contribution in [3.63, 3.8) is 0 Å². The molecule has 0 spiro atoms. The first-order chi connectivity index (χ1) is 9.06. The summed E-state index contributed by atoms with van der Waals surface area (Å²) in [6.45, 7) is 2.32. The van der Waals surface area contributed by atoms with Gasteiger partial charge in [0.2, 0.25) is 0 Å². The van der Waals surface area contributed by atoms with Crippen molar-refractivity contribution >= 4 is 11.9 Å². The fraction of sp³-hybridized carbons (Fsp3) is 0.385. The lowest BCUT2D eigenvalue weighted by atomic mass is 10.1. The lowest BCUT2D eigenvalue weighted by molar-refractivity contribution is -0.123. The van der Waals surface area contributed by atoms with Crippen LogP contribution < -0.4 is 10.1 Å². The molecule has 0 heterocycles. The number of carbonyl (C=O) groups excluding carboxylic acids is 1. The van der Waals surface area contributed by atoms with Crippen LogP contribution >= 0.6 is 0 Å². The molecule has 0 bridgehead atoms. The molecule has 0 radical (unpaired) electrons. The summed E-state index contributed by atoms with van der Waals surface area (Å²) in [4.78, 5) is 22.4. The number of methoxy groups -OCH3 is 1. The molecular weight excluding hydrogens is 250 g/mol. The molecule has 0 aliphatic heterocycles. The maximum atomic E-state index is 11.4. The van der Waals surface area contributed by atoms with Crippen molar-refractivity contribution in [2.75, 3.05) is 26.9 Å². The van der Waals surface area contributed by atoms with Gasteiger partial charge in [-0.3, -0.25) is 4.79 Å². The van der Waals surface area contributed by atoms with E-state index in [-0.39, 0.29) is 18.1 Å². The first-order valence-electron chi connectivity index (χ1n) is 5.77. The van der Waals surface area contributed by atoms with E-state index in [0.29, 0.717) is 24.5 Å². The van der Waals surface area contributed by atoms with Crippen LogP contribution in [0, 0.1) is 6.92 Å². The van der Waals surface area contributed by atoms with E-state index in [1.807, 2.05) is 0 Å². The van der Waals surface area contributed by atoms with Gasteiger partial charge in [0.1, 0.15) is 5.75 Å². The van der Waals surface area contributed by atoms with Gasteiger partial charge in [0.05, 0.1) is 12.2 Å². The summed E-state index contributed by atoms with van der Waals surface area (Å²) in [5.41, 5.74) is 0.664. The molecule has 104 valence electrons. The van der Waals surface area contributed by atoms with Gasteiger partial charge in [-0.1, -0.05) is 6.07 Å². The predicted octanol–water partition coefficient (Wildman–Crippen LogP) is 0.835. The minimum Gasteiger partial charge on any atom is -0.483 e. The van der Waals surface area contributed by atoms with E-state index >= 15 is 0 Å². The van der Waals surface area contributed by atoms with E-state index in [4.69, 9.17) is 14.6 Å². The molecule has 0 unspecified atom stereocenters. The van der Waals surface area contributed by atoms with Gasteiger partial charge in [-0.15, -0.1) is 0 Å². The SMILES string of the molecule is COCCNC(=O)COc1cccc(C(=O)O)c1C. The molecule has 0 aromatic heterocycles. The lowest BCUT2D eigenvalue weighted by Crippen LogP contribution is -2.31. The average molecular weight is 267 g/mol. The van der Waals surface area contributed by atoms with Gasteiger partial charge in [-0.05, 0) is 19.1 Å². The number of ether oxygens (including phenoxy) is 2. The third-order valence-electron chi connectivity index (χ3n) is 2.50. The molecule has 1 rings (SSSR count). The Morgan fingerprint density at radius 3 is 2.74 bits per heavy atom. The molecule has 1 aromatic carbocycles. The van der Waals surface area contributed by atoms with Crippen molar-refractivity contribution in [1.29, 1.82) is 0 Å².